The molecule has 0 fully saturated rings. The molecule has 0 aromatic heterocycles. The number of nitrogens with one attached hydrogen (secondary N) is 1. The number of ether oxygens (including phenoxy) is 1. The Bertz CT molecular complexity index is 856. The Labute approximate surface area is 155 Å². The first-order valence-electron chi connectivity index (χ1n) is 7.28. The summed E-state index contributed by atoms with van der Waals surface area (Å²) in [4.78, 5) is 12.2. The second-order valence-electron chi connectivity index (χ2n) is 4.91. The highest BCUT2D eigenvalue weighted by molar-refractivity contribution is 6.32. The Morgan fingerprint density at radius 2 is 2.00 bits per heavy atom. The lowest BCUT2D eigenvalue weighted by molar-refractivity contribution is -0.112. The lowest BCUT2D eigenvalue weighted by Gasteiger charge is -2.09. The standard InChI is InChI=1S/C18H14Cl2N2O3/c1-2-25-16-9-11(8-15(20)17(16)23)7-12(10-21)18(24)22-14-5-3-13(19)4-6-14/h3-9,23H,2H2,1H3,(H,22,24)/b12-7+. The van der Waals surface area contributed by atoms with Crippen molar-refractivity contribution >= 4 is 40.9 Å². The van der Waals surface area contributed by atoms with Crippen LogP contribution in [-0.4, -0.2) is 17.6 Å². The van der Waals surface area contributed by atoms with Crippen molar-refractivity contribution in [1.29, 1.82) is 5.26 Å². The molecule has 7 heteroatoms. The number of hydrogen-bond acceptors (Lipinski definition) is 4. The molecule has 2 aromatic rings. The molecule has 25 heavy (non-hydrogen) atoms. The van der Waals surface area contributed by atoms with Crippen LogP contribution in [0.5, 0.6) is 11.5 Å². The number of carbonyl (C=O) groups is 1. The topological polar surface area (TPSA) is 82.3 Å². The van der Waals surface area contributed by atoms with Crippen LogP contribution in [0.1, 0.15) is 12.5 Å². The van der Waals surface area contributed by atoms with Crippen molar-refractivity contribution in [2.24, 2.45) is 0 Å². The normalized spacial score (nSPS) is 10.9. The number of nitriles is 1. The zero-order valence-corrected chi connectivity index (χ0v) is 14.7. The lowest BCUT2D eigenvalue weighted by Crippen LogP contribution is -2.13. The van der Waals surface area contributed by atoms with Gasteiger partial charge in [0.2, 0.25) is 0 Å². The van der Waals surface area contributed by atoms with E-state index in [0.29, 0.717) is 22.9 Å². The van der Waals surface area contributed by atoms with E-state index in [1.54, 1.807) is 31.2 Å². The number of nitrogens with zero attached hydrogens (tertiary/aromatic N) is 1. The van der Waals surface area contributed by atoms with Crippen molar-refractivity contribution in [3.8, 4) is 17.6 Å². The summed E-state index contributed by atoms with van der Waals surface area (Å²) in [5.41, 5.74) is 0.836. The Hall–Kier alpha value is -2.68. The highest BCUT2D eigenvalue weighted by Gasteiger charge is 2.13. The summed E-state index contributed by atoms with van der Waals surface area (Å²) < 4.78 is 5.28. The molecule has 2 N–H and O–H groups in total. The summed E-state index contributed by atoms with van der Waals surface area (Å²) in [6.07, 6.45) is 1.36. The molecule has 0 spiro atoms. The third kappa shape index (κ3) is 4.90. The van der Waals surface area contributed by atoms with Gasteiger partial charge >= 0.3 is 0 Å². The van der Waals surface area contributed by atoms with Gasteiger partial charge in [0.15, 0.2) is 11.5 Å². The predicted octanol–water partition coefficient (Wildman–Crippen LogP) is 4.64. The molecule has 2 rings (SSSR count). The van der Waals surface area contributed by atoms with Gasteiger partial charge < -0.3 is 15.2 Å². The number of rotatable bonds is 5. The number of aromatic hydroxyl groups is 1. The van der Waals surface area contributed by atoms with E-state index < -0.39 is 5.91 Å². The fourth-order valence-corrected chi connectivity index (χ4v) is 2.33. The van der Waals surface area contributed by atoms with Crippen LogP contribution in [-0.2, 0) is 4.79 Å². The monoisotopic (exact) mass is 376 g/mol. The van der Waals surface area contributed by atoms with Crippen LogP contribution in [0.3, 0.4) is 0 Å². The summed E-state index contributed by atoms with van der Waals surface area (Å²) in [6.45, 7) is 2.09. The number of carbonyl (C=O) groups excluding carboxylic acids is 1. The fourth-order valence-electron chi connectivity index (χ4n) is 1.99. The van der Waals surface area contributed by atoms with Crippen molar-refractivity contribution in [3.63, 3.8) is 0 Å². The molecular weight excluding hydrogens is 363 g/mol. The molecule has 0 atom stereocenters. The minimum Gasteiger partial charge on any atom is -0.503 e. The van der Waals surface area contributed by atoms with E-state index in [4.69, 9.17) is 27.9 Å². The maximum absolute atomic E-state index is 12.2. The van der Waals surface area contributed by atoms with Crippen LogP contribution in [0.15, 0.2) is 42.0 Å². The van der Waals surface area contributed by atoms with Gasteiger partial charge in [-0.25, -0.2) is 0 Å². The van der Waals surface area contributed by atoms with E-state index in [-0.39, 0.29) is 22.1 Å². The van der Waals surface area contributed by atoms with Gasteiger partial charge in [0.25, 0.3) is 5.91 Å². The predicted molar refractivity (Wildman–Crippen MR) is 98.0 cm³/mol. The molecule has 1 amide bonds. The summed E-state index contributed by atoms with van der Waals surface area (Å²) in [6, 6.07) is 11.3. The van der Waals surface area contributed by atoms with Crippen LogP contribution in [0.4, 0.5) is 5.69 Å². The molecule has 0 aliphatic heterocycles. The second kappa shape index (κ2) is 8.43. The van der Waals surface area contributed by atoms with Crippen molar-refractivity contribution in [3.05, 3.63) is 57.6 Å². The van der Waals surface area contributed by atoms with Gasteiger partial charge in [-0.05, 0) is 55.0 Å². The zero-order valence-electron chi connectivity index (χ0n) is 13.2. The molecule has 0 bridgehead atoms. The summed E-state index contributed by atoms with van der Waals surface area (Å²) in [5, 5.41) is 22.3. The number of halogens is 2. The van der Waals surface area contributed by atoms with E-state index in [9.17, 15) is 15.2 Å². The van der Waals surface area contributed by atoms with Gasteiger partial charge in [0, 0.05) is 10.7 Å². The number of anilines is 1. The molecule has 2 aromatic carbocycles. The number of amides is 1. The molecule has 0 saturated carbocycles. The molecule has 0 heterocycles. The number of phenolic OH excluding ortho intramolecular Hbond substituents is 1. The first kappa shape index (κ1) is 18.7. The van der Waals surface area contributed by atoms with Crippen LogP contribution in [0, 0.1) is 11.3 Å². The average molecular weight is 377 g/mol. The van der Waals surface area contributed by atoms with Crippen molar-refractivity contribution in [2.75, 3.05) is 11.9 Å². The minimum absolute atomic E-state index is 0.0626. The largest absolute Gasteiger partial charge is 0.503 e. The third-order valence-electron chi connectivity index (χ3n) is 3.13. The summed E-state index contributed by atoms with van der Waals surface area (Å²) in [7, 11) is 0. The van der Waals surface area contributed by atoms with Crippen molar-refractivity contribution in [1.82, 2.24) is 0 Å². The van der Waals surface area contributed by atoms with Gasteiger partial charge in [-0.3, -0.25) is 4.79 Å². The maximum Gasteiger partial charge on any atom is 0.266 e. The minimum atomic E-state index is -0.577. The maximum atomic E-state index is 12.2. The smallest absolute Gasteiger partial charge is 0.266 e. The van der Waals surface area contributed by atoms with E-state index in [1.807, 2.05) is 6.07 Å². The Morgan fingerprint density at radius 1 is 1.32 bits per heavy atom. The molecule has 5 nitrogen and oxygen atoms in total. The number of hydrogen-bond donors (Lipinski definition) is 2. The van der Waals surface area contributed by atoms with Crippen LogP contribution < -0.4 is 10.1 Å². The van der Waals surface area contributed by atoms with E-state index in [2.05, 4.69) is 5.32 Å². The second-order valence-corrected chi connectivity index (χ2v) is 5.76. The Morgan fingerprint density at radius 3 is 2.60 bits per heavy atom. The van der Waals surface area contributed by atoms with Gasteiger partial charge in [-0.1, -0.05) is 23.2 Å². The van der Waals surface area contributed by atoms with Gasteiger partial charge in [0.05, 0.1) is 11.6 Å². The SMILES string of the molecule is CCOc1cc(/C=C(\C#N)C(=O)Nc2ccc(Cl)cc2)cc(Cl)c1O. The zero-order chi connectivity index (χ0) is 18.4. The van der Waals surface area contributed by atoms with E-state index in [0.717, 1.165) is 0 Å². The van der Waals surface area contributed by atoms with Gasteiger partial charge in [0.1, 0.15) is 11.6 Å². The quantitative estimate of drug-likeness (QED) is 0.587. The third-order valence-corrected chi connectivity index (χ3v) is 3.67. The van der Waals surface area contributed by atoms with Crippen LogP contribution >= 0.6 is 23.2 Å². The molecule has 0 radical (unpaired) electrons. The Kier molecular flexibility index (Phi) is 6.29. The molecule has 0 saturated heterocycles. The van der Waals surface area contributed by atoms with E-state index in [1.165, 1.54) is 18.2 Å². The van der Waals surface area contributed by atoms with Crippen molar-refractivity contribution < 1.29 is 14.6 Å². The number of benzene rings is 2. The molecule has 128 valence electrons. The Balaban J connectivity index is 2.29. The lowest BCUT2D eigenvalue weighted by atomic mass is 10.1. The molecular formula is C18H14Cl2N2O3. The molecule has 0 unspecified atom stereocenters. The molecule has 0 aliphatic carbocycles. The van der Waals surface area contributed by atoms with Crippen LogP contribution in [0.25, 0.3) is 6.08 Å². The average Bonchev–Trinajstić information content (AvgIpc) is 2.59. The summed E-state index contributed by atoms with van der Waals surface area (Å²) >= 11 is 11.7. The highest BCUT2D eigenvalue weighted by Crippen LogP contribution is 2.35. The summed E-state index contributed by atoms with van der Waals surface area (Å²) in [5.74, 6) is -0.589. The van der Waals surface area contributed by atoms with Gasteiger partial charge in [-0.2, -0.15) is 5.26 Å². The first-order valence-corrected chi connectivity index (χ1v) is 8.04. The van der Waals surface area contributed by atoms with Crippen molar-refractivity contribution in [2.45, 2.75) is 6.92 Å². The first-order chi connectivity index (χ1) is 11.9. The fraction of sp³-hybridized carbons (Fsp3) is 0.111. The van der Waals surface area contributed by atoms with Crippen LogP contribution in [0.2, 0.25) is 10.0 Å². The van der Waals surface area contributed by atoms with E-state index >= 15 is 0 Å². The highest BCUT2D eigenvalue weighted by atomic mass is 35.5. The van der Waals surface area contributed by atoms with Gasteiger partial charge in [-0.15, -0.1) is 0 Å². The molecule has 0 aliphatic rings. The number of phenols is 1.